The lowest BCUT2D eigenvalue weighted by molar-refractivity contribution is -0.558. The first-order valence-corrected chi connectivity index (χ1v) is 4.77. The van der Waals surface area contributed by atoms with E-state index in [4.69, 9.17) is 0 Å². The van der Waals surface area contributed by atoms with Gasteiger partial charge in [-0.25, -0.2) is 4.39 Å². The molecule has 0 aromatic heterocycles. The first kappa shape index (κ1) is 12.3. The second-order valence-corrected chi connectivity index (χ2v) is 4.15. The number of halogens is 1. The highest BCUT2D eigenvalue weighted by atomic mass is 19.1. The standard InChI is InChI=1S/C11H12FNO3/c1-11(2,13(15)16)7-10(14)8-5-3-4-6-9(8)12/h3-6H,7H2,1-2H3. The third-order valence-corrected chi connectivity index (χ3v) is 2.26. The molecule has 1 aromatic rings. The van der Waals surface area contributed by atoms with Crippen LogP contribution in [0.3, 0.4) is 0 Å². The molecule has 0 amide bonds. The topological polar surface area (TPSA) is 60.2 Å². The number of benzene rings is 1. The quantitative estimate of drug-likeness (QED) is 0.449. The lowest BCUT2D eigenvalue weighted by Crippen LogP contribution is -2.33. The van der Waals surface area contributed by atoms with Gasteiger partial charge in [-0.05, 0) is 12.1 Å². The number of nitro groups is 1. The summed E-state index contributed by atoms with van der Waals surface area (Å²) in [5.74, 6) is -1.20. The Kier molecular flexibility index (Phi) is 3.37. The van der Waals surface area contributed by atoms with Gasteiger partial charge in [0.1, 0.15) is 5.82 Å². The second kappa shape index (κ2) is 4.38. The molecule has 0 atom stereocenters. The summed E-state index contributed by atoms with van der Waals surface area (Å²) in [6.07, 6.45) is -0.319. The van der Waals surface area contributed by atoms with E-state index in [9.17, 15) is 19.3 Å². The number of carbonyl (C=O) groups excluding carboxylic acids is 1. The zero-order chi connectivity index (χ0) is 12.3. The Bertz CT molecular complexity index is 429. The minimum absolute atomic E-state index is 0.0996. The third-order valence-electron chi connectivity index (χ3n) is 2.26. The van der Waals surface area contributed by atoms with Crippen molar-refractivity contribution in [3.8, 4) is 0 Å². The fourth-order valence-corrected chi connectivity index (χ4v) is 1.24. The van der Waals surface area contributed by atoms with Gasteiger partial charge in [0.2, 0.25) is 5.54 Å². The van der Waals surface area contributed by atoms with Crippen molar-refractivity contribution in [1.82, 2.24) is 0 Å². The van der Waals surface area contributed by atoms with Gasteiger partial charge in [0.25, 0.3) is 0 Å². The molecule has 0 aliphatic carbocycles. The summed E-state index contributed by atoms with van der Waals surface area (Å²) >= 11 is 0. The highest BCUT2D eigenvalue weighted by Crippen LogP contribution is 2.18. The molecule has 5 heteroatoms. The molecule has 0 saturated carbocycles. The summed E-state index contributed by atoms with van der Waals surface area (Å²) < 4.78 is 13.2. The van der Waals surface area contributed by atoms with Crippen molar-refractivity contribution in [2.45, 2.75) is 25.8 Å². The maximum atomic E-state index is 13.2. The molecule has 0 saturated heterocycles. The van der Waals surface area contributed by atoms with Crippen molar-refractivity contribution in [3.63, 3.8) is 0 Å². The maximum absolute atomic E-state index is 13.2. The van der Waals surface area contributed by atoms with E-state index in [0.29, 0.717) is 0 Å². The predicted molar refractivity (Wildman–Crippen MR) is 56.4 cm³/mol. The summed E-state index contributed by atoms with van der Waals surface area (Å²) in [4.78, 5) is 21.7. The van der Waals surface area contributed by atoms with Crippen LogP contribution in [0.25, 0.3) is 0 Å². The van der Waals surface area contributed by atoms with Crippen molar-refractivity contribution in [2.75, 3.05) is 0 Å². The van der Waals surface area contributed by atoms with Gasteiger partial charge in [-0.2, -0.15) is 0 Å². The van der Waals surface area contributed by atoms with Crippen LogP contribution in [-0.2, 0) is 0 Å². The van der Waals surface area contributed by atoms with Gasteiger partial charge in [0.05, 0.1) is 12.0 Å². The van der Waals surface area contributed by atoms with Crippen LogP contribution in [0.4, 0.5) is 4.39 Å². The molecule has 1 aromatic carbocycles. The zero-order valence-electron chi connectivity index (χ0n) is 9.07. The fourth-order valence-electron chi connectivity index (χ4n) is 1.24. The second-order valence-electron chi connectivity index (χ2n) is 4.15. The maximum Gasteiger partial charge on any atom is 0.224 e. The van der Waals surface area contributed by atoms with Gasteiger partial charge in [-0.15, -0.1) is 0 Å². The lowest BCUT2D eigenvalue weighted by atomic mass is 9.95. The average Bonchev–Trinajstić information content (AvgIpc) is 2.17. The smallest absolute Gasteiger partial charge is 0.224 e. The Morgan fingerprint density at radius 3 is 2.50 bits per heavy atom. The van der Waals surface area contributed by atoms with Gasteiger partial charge in [0.15, 0.2) is 5.78 Å². The third kappa shape index (κ3) is 2.62. The van der Waals surface area contributed by atoms with Gasteiger partial charge in [-0.3, -0.25) is 14.9 Å². The van der Waals surface area contributed by atoms with E-state index >= 15 is 0 Å². The Morgan fingerprint density at radius 2 is 2.00 bits per heavy atom. The Labute approximate surface area is 92.2 Å². The molecule has 4 nitrogen and oxygen atoms in total. The number of ketones is 1. The van der Waals surface area contributed by atoms with Crippen LogP contribution < -0.4 is 0 Å². The number of nitrogens with zero attached hydrogens (tertiary/aromatic N) is 1. The van der Waals surface area contributed by atoms with E-state index < -0.39 is 22.1 Å². The van der Waals surface area contributed by atoms with E-state index in [1.807, 2.05) is 0 Å². The van der Waals surface area contributed by atoms with Gasteiger partial charge in [0, 0.05) is 18.8 Å². The molecular formula is C11H12FNO3. The van der Waals surface area contributed by atoms with Crippen LogP contribution in [0.1, 0.15) is 30.6 Å². The van der Waals surface area contributed by atoms with Crippen LogP contribution in [-0.4, -0.2) is 16.2 Å². The van der Waals surface area contributed by atoms with Gasteiger partial charge >= 0.3 is 0 Å². The lowest BCUT2D eigenvalue weighted by Gasteiger charge is -2.14. The largest absolute Gasteiger partial charge is 0.294 e. The average molecular weight is 225 g/mol. The molecule has 0 unspecified atom stereocenters. The van der Waals surface area contributed by atoms with E-state index in [1.54, 1.807) is 0 Å². The number of rotatable bonds is 4. The summed E-state index contributed by atoms with van der Waals surface area (Å²) in [5.41, 5.74) is -1.48. The molecular weight excluding hydrogens is 213 g/mol. The van der Waals surface area contributed by atoms with Crippen LogP contribution in [0.15, 0.2) is 24.3 Å². The number of hydrogen-bond donors (Lipinski definition) is 0. The van der Waals surface area contributed by atoms with Crippen LogP contribution in [0.5, 0.6) is 0 Å². The molecule has 16 heavy (non-hydrogen) atoms. The number of carbonyl (C=O) groups is 1. The van der Waals surface area contributed by atoms with Crippen LogP contribution >= 0.6 is 0 Å². The number of hydrogen-bond acceptors (Lipinski definition) is 3. The molecule has 0 spiro atoms. The zero-order valence-corrected chi connectivity index (χ0v) is 9.07. The van der Waals surface area contributed by atoms with Crippen molar-refractivity contribution >= 4 is 5.78 Å². The normalized spacial score (nSPS) is 11.2. The molecule has 0 fully saturated rings. The molecule has 0 heterocycles. The molecule has 86 valence electrons. The minimum Gasteiger partial charge on any atom is -0.294 e. The van der Waals surface area contributed by atoms with Crippen molar-refractivity contribution in [2.24, 2.45) is 0 Å². The predicted octanol–water partition coefficient (Wildman–Crippen LogP) is 2.45. The molecule has 0 aliphatic rings. The molecule has 0 N–H and O–H groups in total. The minimum atomic E-state index is -1.38. The summed E-state index contributed by atoms with van der Waals surface area (Å²) in [6.45, 7) is 2.68. The first-order chi connectivity index (χ1) is 7.34. The van der Waals surface area contributed by atoms with Crippen LogP contribution in [0, 0.1) is 15.9 Å². The van der Waals surface area contributed by atoms with Gasteiger partial charge < -0.3 is 0 Å². The van der Waals surface area contributed by atoms with Gasteiger partial charge in [-0.1, -0.05) is 12.1 Å². The van der Waals surface area contributed by atoms with E-state index in [0.717, 1.165) is 6.07 Å². The van der Waals surface area contributed by atoms with E-state index in [2.05, 4.69) is 0 Å². The number of Topliss-reactive ketones (excluding diaryl/α,β-unsaturated/α-hetero) is 1. The monoisotopic (exact) mass is 225 g/mol. The molecule has 0 radical (unpaired) electrons. The van der Waals surface area contributed by atoms with Crippen molar-refractivity contribution < 1.29 is 14.1 Å². The molecule has 1 rings (SSSR count). The van der Waals surface area contributed by atoms with Crippen molar-refractivity contribution in [3.05, 3.63) is 45.8 Å². The highest BCUT2D eigenvalue weighted by molar-refractivity contribution is 5.96. The summed E-state index contributed by atoms with van der Waals surface area (Å²) in [6, 6.07) is 5.47. The fraction of sp³-hybridized carbons (Fsp3) is 0.364. The Hall–Kier alpha value is -1.78. The Balaban J connectivity index is 2.89. The summed E-state index contributed by atoms with van der Waals surface area (Å²) in [5, 5.41) is 10.6. The van der Waals surface area contributed by atoms with E-state index in [-0.39, 0.29) is 12.0 Å². The van der Waals surface area contributed by atoms with E-state index in [1.165, 1.54) is 32.0 Å². The summed E-state index contributed by atoms with van der Waals surface area (Å²) in [7, 11) is 0. The molecule has 0 aliphatic heterocycles. The van der Waals surface area contributed by atoms with Crippen LogP contribution in [0.2, 0.25) is 0 Å². The molecule has 0 bridgehead atoms. The van der Waals surface area contributed by atoms with Crippen molar-refractivity contribution in [1.29, 1.82) is 0 Å². The Morgan fingerprint density at radius 1 is 1.44 bits per heavy atom. The first-order valence-electron chi connectivity index (χ1n) is 4.77. The SMILES string of the molecule is CC(C)(CC(=O)c1ccccc1F)[N+](=O)[O-]. The highest BCUT2D eigenvalue weighted by Gasteiger charge is 2.34.